The molecule has 0 spiro atoms. The van der Waals surface area contributed by atoms with Crippen LogP contribution in [-0.2, 0) is 16.1 Å². The first kappa shape index (κ1) is 19.7. The second kappa shape index (κ2) is 9.22. The molecule has 1 amide bonds. The number of nitrogens with zero attached hydrogens (tertiary/aromatic N) is 1. The molecule has 1 aromatic rings. The van der Waals surface area contributed by atoms with E-state index in [1.54, 1.807) is 0 Å². The number of hydrogen-bond donors (Lipinski definition) is 2. The number of aliphatic carboxylic acids is 1. The van der Waals surface area contributed by atoms with Crippen molar-refractivity contribution >= 4 is 11.9 Å². The Hall–Kier alpha value is -2.08. The van der Waals surface area contributed by atoms with Gasteiger partial charge in [0.25, 0.3) is 0 Å². The minimum absolute atomic E-state index is 0.112. The topological polar surface area (TPSA) is 78.9 Å². The summed E-state index contributed by atoms with van der Waals surface area (Å²) in [6.07, 6.45) is 6.02. The smallest absolute Gasteiger partial charge is 0.320 e. The molecule has 148 valence electrons. The van der Waals surface area contributed by atoms with Gasteiger partial charge in [-0.05, 0) is 49.3 Å². The van der Waals surface area contributed by atoms with Gasteiger partial charge in [0.1, 0.15) is 11.8 Å². The lowest BCUT2D eigenvalue weighted by Gasteiger charge is -2.32. The number of rotatable bonds is 8. The summed E-state index contributed by atoms with van der Waals surface area (Å²) in [7, 11) is 0. The number of benzene rings is 1. The van der Waals surface area contributed by atoms with Gasteiger partial charge in [-0.2, -0.15) is 0 Å². The van der Waals surface area contributed by atoms with Crippen molar-refractivity contribution in [1.82, 2.24) is 10.2 Å². The van der Waals surface area contributed by atoms with E-state index in [2.05, 4.69) is 12.2 Å². The first-order chi connectivity index (χ1) is 13.1. The van der Waals surface area contributed by atoms with Crippen LogP contribution in [-0.4, -0.2) is 47.1 Å². The van der Waals surface area contributed by atoms with Gasteiger partial charge in [-0.15, -0.1) is 0 Å². The Morgan fingerprint density at radius 2 is 1.96 bits per heavy atom. The van der Waals surface area contributed by atoms with Gasteiger partial charge < -0.3 is 15.2 Å². The van der Waals surface area contributed by atoms with E-state index in [0.29, 0.717) is 25.5 Å². The Kier molecular flexibility index (Phi) is 6.72. The van der Waals surface area contributed by atoms with Crippen molar-refractivity contribution in [2.24, 2.45) is 5.92 Å². The average Bonchev–Trinajstić information content (AvgIpc) is 3.04. The van der Waals surface area contributed by atoms with Crippen LogP contribution in [0.2, 0.25) is 0 Å². The maximum absolute atomic E-state index is 12.5. The lowest BCUT2D eigenvalue weighted by molar-refractivity contribution is -0.143. The van der Waals surface area contributed by atoms with Gasteiger partial charge in [0.2, 0.25) is 5.91 Å². The zero-order valence-corrected chi connectivity index (χ0v) is 16.0. The third kappa shape index (κ3) is 5.01. The molecule has 3 unspecified atom stereocenters. The van der Waals surface area contributed by atoms with Crippen LogP contribution in [0.25, 0.3) is 0 Å². The molecule has 1 aliphatic heterocycles. The number of nitrogens with one attached hydrogen (secondary N) is 1. The summed E-state index contributed by atoms with van der Waals surface area (Å²) < 4.78 is 5.56. The monoisotopic (exact) mass is 374 g/mol. The van der Waals surface area contributed by atoms with Crippen molar-refractivity contribution in [3.05, 3.63) is 29.8 Å². The summed E-state index contributed by atoms with van der Waals surface area (Å²) >= 11 is 0. The predicted molar refractivity (Wildman–Crippen MR) is 103 cm³/mol. The number of carbonyl (C=O) groups excluding carboxylic acids is 1. The Balaban J connectivity index is 1.52. The highest BCUT2D eigenvalue weighted by Crippen LogP contribution is 2.39. The number of amides is 1. The third-order valence-electron chi connectivity index (χ3n) is 5.72. The normalized spacial score (nSPS) is 25.0. The van der Waals surface area contributed by atoms with E-state index in [4.69, 9.17) is 4.74 Å². The fourth-order valence-electron chi connectivity index (χ4n) is 4.37. The van der Waals surface area contributed by atoms with Gasteiger partial charge >= 0.3 is 5.97 Å². The quantitative estimate of drug-likeness (QED) is 0.731. The van der Waals surface area contributed by atoms with Crippen molar-refractivity contribution in [3.63, 3.8) is 0 Å². The predicted octanol–water partition coefficient (Wildman–Crippen LogP) is 2.81. The van der Waals surface area contributed by atoms with Crippen molar-refractivity contribution in [3.8, 4) is 5.75 Å². The van der Waals surface area contributed by atoms with Crippen LogP contribution >= 0.6 is 0 Å². The van der Waals surface area contributed by atoms with Crippen LogP contribution < -0.4 is 10.1 Å². The molecule has 0 bridgehead atoms. The molecule has 1 aromatic carbocycles. The summed E-state index contributed by atoms with van der Waals surface area (Å²) in [5, 5.41) is 12.5. The van der Waals surface area contributed by atoms with Gasteiger partial charge in [-0.3, -0.25) is 14.5 Å². The molecule has 0 aromatic heterocycles. The Labute approximate surface area is 160 Å². The number of hydrogen-bond acceptors (Lipinski definition) is 4. The lowest BCUT2D eigenvalue weighted by atomic mass is 9.85. The molecule has 6 heteroatoms. The first-order valence-electron chi connectivity index (χ1n) is 10.1. The Bertz CT molecular complexity index is 646. The van der Waals surface area contributed by atoms with Crippen molar-refractivity contribution < 1.29 is 19.4 Å². The van der Waals surface area contributed by atoms with Gasteiger partial charge in [-0.1, -0.05) is 31.9 Å². The van der Waals surface area contributed by atoms with E-state index in [0.717, 1.165) is 37.0 Å². The molecule has 0 radical (unpaired) electrons. The minimum Gasteiger partial charge on any atom is -0.494 e. The van der Waals surface area contributed by atoms with E-state index < -0.39 is 12.0 Å². The summed E-state index contributed by atoms with van der Waals surface area (Å²) in [6.45, 7) is 3.36. The second-order valence-corrected chi connectivity index (χ2v) is 7.64. The molecule has 2 N–H and O–H groups in total. The summed E-state index contributed by atoms with van der Waals surface area (Å²) in [4.78, 5) is 26.0. The van der Waals surface area contributed by atoms with Crippen LogP contribution in [0.1, 0.15) is 51.0 Å². The fourth-order valence-corrected chi connectivity index (χ4v) is 4.37. The Morgan fingerprint density at radius 3 is 2.67 bits per heavy atom. The number of carbonyl (C=O) groups is 2. The molecule has 2 fully saturated rings. The van der Waals surface area contributed by atoms with Crippen LogP contribution in [0, 0.1) is 5.92 Å². The third-order valence-corrected chi connectivity index (χ3v) is 5.72. The second-order valence-electron chi connectivity index (χ2n) is 7.64. The summed E-state index contributed by atoms with van der Waals surface area (Å²) in [5.74, 6) is 0.332. The van der Waals surface area contributed by atoms with Crippen molar-refractivity contribution in [2.45, 2.75) is 64.1 Å². The molecule has 1 heterocycles. The van der Waals surface area contributed by atoms with Crippen LogP contribution in [0.4, 0.5) is 0 Å². The molecular formula is C21H30N2O4. The molecule has 1 saturated carbocycles. The van der Waals surface area contributed by atoms with E-state index in [-0.39, 0.29) is 18.5 Å². The fraction of sp³-hybridized carbons (Fsp3) is 0.619. The highest BCUT2D eigenvalue weighted by Gasteiger charge is 2.45. The highest BCUT2D eigenvalue weighted by atomic mass is 16.5. The van der Waals surface area contributed by atoms with Crippen molar-refractivity contribution in [2.75, 3.05) is 13.2 Å². The maximum Gasteiger partial charge on any atom is 0.320 e. The molecular weight excluding hydrogens is 344 g/mol. The zero-order chi connectivity index (χ0) is 19.2. The number of carboxylic acid groups (broad SMARTS) is 1. The largest absolute Gasteiger partial charge is 0.494 e. The number of carboxylic acids is 1. The standard InChI is InChI=1S/C21H30N2O4/c1-2-11-27-17-9-7-15(8-10-17)13-22-20(24)14-23-18-6-4-3-5-16(18)12-19(23)21(25)26/h7-10,16,18-19H,2-6,11-14H2,1H3,(H,22,24)(H,25,26). The molecule has 2 aliphatic rings. The number of ether oxygens (including phenoxy) is 1. The lowest BCUT2D eigenvalue weighted by Crippen LogP contribution is -2.47. The Morgan fingerprint density at radius 1 is 1.22 bits per heavy atom. The molecule has 6 nitrogen and oxygen atoms in total. The SMILES string of the molecule is CCCOc1ccc(CNC(=O)CN2C(C(=O)O)CC3CCCCC32)cc1. The van der Waals surface area contributed by atoms with Gasteiger partial charge in [0, 0.05) is 12.6 Å². The summed E-state index contributed by atoms with van der Waals surface area (Å²) in [5.41, 5.74) is 0.999. The van der Waals surface area contributed by atoms with Gasteiger partial charge in [0.05, 0.1) is 13.2 Å². The number of likely N-dealkylation sites (tertiary alicyclic amines) is 1. The zero-order valence-electron chi connectivity index (χ0n) is 16.0. The van der Waals surface area contributed by atoms with E-state index >= 15 is 0 Å². The average molecular weight is 374 g/mol. The molecule has 27 heavy (non-hydrogen) atoms. The number of fused-ring (bicyclic) bond motifs is 1. The molecule has 3 rings (SSSR count). The minimum atomic E-state index is -0.806. The van der Waals surface area contributed by atoms with Crippen molar-refractivity contribution in [1.29, 1.82) is 0 Å². The van der Waals surface area contributed by atoms with E-state index in [1.807, 2.05) is 29.2 Å². The summed E-state index contributed by atoms with van der Waals surface area (Å²) in [6, 6.07) is 7.41. The van der Waals surface area contributed by atoms with E-state index in [9.17, 15) is 14.7 Å². The maximum atomic E-state index is 12.5. The van der Waals surface area contributed by atoms with Gasteiger partial charge in [0.15, 0.2) is 0 Å². The molecule has 1 aliphatic carbocycles. The van der Waals surface area contributed by atoms with Gasteiger partial charge in [-0.25, -0.2) is 0 Å². The first-order valence-corrected chi connectivity index (χ1v) is 10.1. The molecule has 3 atom stereocenters. The van der Waals surface area contributed by atoms with Crippen LogP contribution in [0.15, 0.2) is 24.3 Å². The molecule has 1 saturated heterocycles. The highest BCUT2D eigenvalue weighted by molar-refractivity contribution is 5.80. The van der Waals surface area contributed by atoms with Crippen LogP contribution in [0.3, 0.4) is 0 Å². The van der Waals surface area contributed by atoms with Crippen LogP contribution in [0.5, 0.6) is 5.75 Å². The van der Waals surface area contributed by atoms with E-state index in [1.165, 1.54) is 6.42 Å².